The molecule has 3 amide bonds. The van der Waals surface area contributed by atoms with Gasteiger partial charge in [0.25, 0.3) is 5.91 Å². The van der Waals surface area contributed by atoms with Gasteiger partial charge in [-0.15, -0.1) is 0 Å². The lowest BCUT2D eigenvalue weighted by atomic mass is 9.97. The Hall–Kier alpha value is -2.28. The van der Waals surface area contributed by atoms with Gasteiger partial charge in [-0.25, -0.2) is 4.79 Å². The van der Waals surface area contributed by atoms with E-state index in [9.17, 15) is 9.59 Å². The van der Waals surface area contributed by atoms with E-state index in [1.165, 1.54) is 7.11 Å². The SMILES string of the molecule is COc1cc(C(=O)N2CCNCC2)ccc1NC(=O)NCC(C)(C)C. The molecular weight excluding hydrogens is 320 g/mol. The molecule has 1 saturated heterocycles. The summed E-state index contributed by atoms with van der Waals surface area (Å²) in [5.41, 5.74) is 1.09. The largest absolute Gasteiger partial charge is 0.495 e. The molecule has 1 aromatic rings. The number of amides is 3. The fraction of sp³-hybridized carbons (Fsp3) is 0.556. The van der Waals surface area contributed by atoms with Gasteiger partial charge in [-0.2, -0.15) is 0 Å². The van der Waals surface area contributed by atoms with Crippen molar-refractivity contribution in [1.82, 2.24) is 15.5 Å². The van der Waals surface area contributed by atoms with Gasteiger partial charge in [0.2, 0.25) is 0 Å². The van der Waals surface area contributed by atoms with E-state index in [4.69, 9.17) is 4.74 Å². The second-order valence-corrected chi connectivity index (χ2v) is 7.33. The molecule has 0 unspecified atom stereocenters. The predicted octanol–water partition coefficient (Wildman–Crippen LogP) is 1.91. The quantitative estimate of drug-likeness (QED) is 0.776. The van der Waals surface area contributed by atoms with Crippen LogP contribution in [0.4, 0.5) is 10.5 Å². The minimum absolute atomic E-state index is 0.000995. The lowest BCUT2D eigenvalue weighted by molar-refractivity contribution is 0.0735. The third-order valence-electron chi connectivity index (χ3n) is 3.88. The Kier molecular flexibility index (Phi) is 6.25. The van der Waals surface area contributed by atoms with E-state index in [1.54, 1.807) is 18.2 Å². The molecule has 0 spiro atoms. The lowest BCUT2D eigenvalue weighted by Gasteiger charge is -2.27. The molecule has 0 aromatic heterocycles. The minimum atomic E-state index is -0.297. The van der Waals surface area contributed by atoms with Gasteiger partial charge >= 0.3 is 6.03 Å². The van der Waals surface area contributed by atoms with Crippen LogP contribution < -0.4 is 20.7 Å². The first-order chi connectivity index (χ1) is 11.8. The summed E-state index contributed by atoms with van der Waals surface area (Å²) in [5, 5.41) is 8.82. The van der Waals surface area contributed by atoms with E-state index >= 15 is 0 Å². The number of carbonyl (C=O) groups is 2. The molecule has 0 radical (unpaired) electrons. The Bertz CT molecular complexity index is 619. The molecule has 7 heteroatoms. The highest BCUT2D eigenvalue weighted by Crippen LogP contribution is 2.26. The Morgan fingerprint density at radius 2 is 1.92 bits per heavy atom. The van der Waals surface area contributed by atoms with Crippen molar-refractivity contribution >= 4 is 17.6 Å². The Morgan fingerprint density at radius 3 is 2.52 bits per heavy atom. The molecule has 1 aromatic carbocycles. The van der Waals surface area contributed by atoms with Gasteiger partial charge in [-0.1, -0.05) is 20.8 Å². The molecule has 25 heavy (non-hydrogen) atoms. The molecule has 0 atom stereocenters. The molecule has 2 rings (SSSR count). The third-order valence-corrected chi connectivity index (χ3v) is 3.88. The van der Waals surface area contributed by atoms with Crippen LogP contribution in [-0.4, -0.2) is 56.7 Å². The summed E-state index contributed by atoms with van der Waals surface area (Å²) in [6.45, 7) is 9.68. The van der Waals surface area contributed by atoms with E-state index in [0.29, 0.717) is 36.6 Å². The van der Waals surface area contributed by atoms with Gasteiger partial charge in [-0.3, -0.25) is 4.79 Å². The van der Waals surface area contributed by atoms with Crippen molar-refractivity contribution < 1.29 is 14.3 Å². The van der Waals surface area contributed by atoms with Crippen molar-refractivity contribution in [3.63, 3.8) is 0 Å². The van der Waals surface area contributed by atoms with Crippen LogP contribution in [-0.2, 0) is 0 Å². The maximum Gasteiger partial charge on any atom is 0.319 e. The zero-order valence-corrected chi connectivity index (χ0v) is 15.4. The number of nitrogens with zero attached hydrogens (tertiary/aromatic N) is 1. The first-order valence-electron chi connectivity index (χ1n) is 8.53. The van der Waals surface area contributed by atoms with Gasteiger partial charge in [0.15, 0.2) is 0 Å². The van der Waals surface area contributed by atoms with Crippen molar-refractivity contribution in [2.24, 2.45) is 5.41 Å². The van der Waals surface area contributed by atoms with Crippen LogP contribution in [0.25, 0.3) is 0 Å². The monoisotopic (exact) mass is 348 g/mol. The number of hydrogen-bond donors (Lipinski definition) is 3. The van der Waals surface area contributed by atoms with Crippen LogP contribution in [0.5, 0.6) is 5.75 Å². The summed E-state index contributed by atoms with van der Waals surface area (Å²) in [4.78, 5) is 26.4. The average Bonchev–Trinajstić information content (AvgIpc) is 2.60. The maximum atomic E-state index is 12.6. The molecule has 0 saturated carbocycles. The molecule has 1 aliphatic heterocycles. The lowest BCUT2D eigenvalue weighted by Crippen LogP contribution is -2.46. The second kappa shape index (κ2) is 8.20. The van der Waals surface area contributed by atoms with E-state index < -0.39 is 0 Å². The van der Waals surface area contributed by atoms with Crippen molar-refractivity contribution in [1.29, 1.82) is 0 Å². The Balaban J connectivity index is 2.05. The zero-order chi connectivity index (χ0) is 18.4. The molecule has 138 valence electrons. The van der Waals surface area contributed by atoms with Gasteiger partial charge in [0.1, 0.15) is 5.75 Å². The van der Waals surface area contributed by atoms with Crippen molar-refractivity contribution in [2.45, 2.75) is 20.8 Å². The average molecular weight is 348 g/mol. The topological polar surface area (TPSA) is 82.7 Å². The first kappa shape index (κ1) is 19.1. The molecular formula is C18H28N4O3. The third kappa shape index (κ3) is 5.63. The van der Waals surface area contributed by atoms with Crippen LogP contribution in [0.1, 0.15) is 31.1 Å². The number of anilines is 1. The van der Waals surface area contributed by atoms with E-state index in [-0.39, 0.29) is 17.4 Å². The van der Waals surface area contributed by atoms with Gasteiger partial charge in [0, 0.05) is 38.3 Å². The maximum absolute atomic E-state index is 12.6. The minimum Gasteiger partial charge on any atom is -0.495 e. The van der Waals surface area contributed by atoms with Crippen LogP contribution in [0.3, 0.4) is 0 Å². The molecule has 7 nitrogen and oxygen atoms in total. The van der Waals surface area contributed by atoms with Crippen molar-refractivity contribution in [3.8, 4) is 5.75 Å². The predicted molar refractivity (Wildman–Crippen MR) is 98.2 cm³/mol. The number of benzene rings is 1. The number of hydrogen-bond acceptors (Lipinski definition) is 4. The van der Waals surface area contributed by atoms with Crippen LogP contribution in [0, 0.1) is 5.41 Å². The molecule has 0 aliphatic carbocycles. The number of carbonyl (C=O) groups excluding carboxylic acids is 2. The van der Waals surface area contributed by atoms with E-state index in [0.717, 1.165) is 13.1 Å². The fourth-order valence-corrected chi connectivity index (χ4v) is 2.49. The summed E-state index contributed by atoms with van der Waals surface area (Å²) in [5.74, 6) is 0.440. The summed E-state index contributed by atoms with van der Waals surface area (Å²) < 4.78 is 5.34. The molecule has 0 bridgehead atoms. The van der Waals surface area contributed by atoms with Gasteiger partial charge in [0.05, 0.1) is 12.8 Å². The van der Waals surface area contributed by atoms with Crippen LogP contribution in [0.15, 0.2) is 18.2 Å². The number of methoxy groups -OCH3 is 1. The standard InChI is InChI=1S/C18H28N4O3/c1-18(2,3)12-20-17(24)21-14-6-5-13(11-15(14)25-4)16(23)22-9-7-19-8-10-22/h5-6,11,19H,7-10,12H2,1-4H3,(H2,20,21,24). The zero-order valence-electron chi connectivity index (χ0n) is 15.4. The highest BCUT2D eigenvalue weighted by molar-refractivity contribution is 5.97. The number of urea groups is 1. The van der Waals surface area contributed by atoms with E-state index in [2.05, 4.69) is 16.0 Å². The number of nitrogens with one attached hydrogen (secondary N) is 3. The Labute approximate surface area is 149 Å². The van der Waals surface area contributed by atoms with Gasteiger partial charge in [-0.05, 0) is 23.6 Å². The number of ether oxygens (including phenoxy) is 1. The highest BCUT2D eigenvalue weighted by Gasteiger charge is 2.20. The normalized spacial score (nSPS) is 14.8. The number of rotatable bonds is 4. The number of piperazine rings is 1. The molecule has 1 aliphatic rings. The smallest absolute Gasteiger partial charge is 0.319 e. The molecule has 3 N–H and O–H groups in total. The fourth-order valence-electron chi connectivity index (χ4n) is 2.49. The first-order valence-corrected chi connectivity index (χ1v) is 8.53. The highest BCUT2D eigenvalue weighted by atomic mass is 16.5. The molecule has 1 fully saturated rings. The van der Waals surface area contributed by atoms with Crippen molar-refractivity contribution in [2.75, 3.05) is 45.2 Å². The summed E-state index contributed by atoms with van der Waals surface area (Å²) in [6, 6.07) is 4.79. The summed E-state index contributed by atoms with van der Waals surface area (Å²) in [7, 11) is 1.52. The van der Waals surface area contributed by atoms with Gasteiger partial charge < -0.3 is 25.6 Å². The van der Waals surface area contributed by atoms with Crippen LogP contribution in [0.2, 0.25) is 0 Å². The van der Waals surface area contributed by atoms with Crippen molar-refractivity contribution in [3.05, 3.63) is 23.8 Å². The van der Waals surface area contributed by atoms with Crippen LogP contribution >= 0.6 is 0 Å². The van der Waals surface area contributed by atoms with E-state index in [1.807, 2.05) is 25.7 Å². The summed E-state index contributed by atoms with van der Waals surface area (Å²) in [6.07, 6.45) is 0. The summed E-state index contributed by atoms with van der Waals surface area (Å²) >= 11 is 0. The Morgan fingerprint density at radius 1 is 1.24 bits per heavy atom. The molecule has 1 heterocycles. The second-order valence-electron chi connectivity index (χ2n) is 7.33.